The lowest BCUT2D eigenvalue weighted by Gasteiger charge is -2.42. The van der Waals surface area contributed by atoms with E-state index in [4.69, 9.17) is 11.6 Å². The first-order chi connectivity index (χ1) is 14.6. The van der Waals surface area contributed by atoms with Crippen molar-refractivity contribution in [1.29, 1.82) is 0 Å². The van der Waals surface area contributed by atoms with Crippen LogP contribution >= 0.6 is 21.6 Å². The number of aryl methyl sites for hydroxylation is 2. The van der Waals surface area contributed by atoms with Gasteiger partial charge in [0.05, 0.1) is 11.3 Å². The average Bonchev–Trinajstić information content (AvgIpc) is 3.27. The predicted octanol–water partition coefficient (Wildman–Crippen LogP) is 3.30. The Labute approximate surface area is 194 Å². The van der Waals surface area contributed by atoms with E-state index in [1.54, 1.807) is 30.9 Å². The van der Waals surface area contributed by atoms with E-state index in [2.05, 4.69) is 48.5 Å². The molecule has 12 heteroatoms. The molecule has 0 radical (unpaired) electrons. The van der Waals surface area contributed by atoms with Crippen molar-refractivity contribution in [2.24, 2.45) is 7.05 Å². The fraction of sp³-hybridized carbons (Fsp3) is 0.400. The van der Waals surface area contributed by atoms with E-state index < -0.39 is 26.0 Å². The number of nitrogens with zero attached hydrogens (tertiary/aromatic N) is 5. The normalized spacial score (nSPS) is 13.2. The van der Waals surface area contributed by atoms with E-state index in [-0.39, 0.29) is 26.1 Å². The summed E-state index contributed by atoms with van der Waals surface area (Å²) in [6.45, 7) is 8.10. The van der Waals surface area contributed by atoms with Gasteiger partial charge in [-0.25, -0.2) is 22.8 Å². The minimum absolute atomic E-state index is 0.0615. The molecule has 0 fully saturated rings. The van der Waals surface area contributed by atoms with Crippen molar-refractivity contribution in [3.05, 3.63) is 47.0 Å². The zero-order valence-electron chi connectivity index (χ0n) is 19.0. The molecule has 1 N–H and O–H groups in total. The quantitative estimate of drug-likeness (QED) is 0.540. The second kappa shape index (κ2) is 8.20. The fourth-order valence-corrected chi connectivity index (χ4v) is 5.56. The molecule has 0 bridgehead atoms. The maximum absolute atomic E-state index is 12.6. The molecule has 9 nitrogen and oxygen atoms in total. The first-order valence-electron chi connectivity index (χ1n) is 9.66. The van der Waals surface area contributed by atoms with Crippen LogP contribution in [0.15, 0.2) is 40.5 Å². The molecule has 174 valence electrons. The number of pyridine rings is 1. The number of nitrogens with one attached hydrogen (secondary N) is 1. The summed E-state index contributed by atoms with van der Waals surface area (Å²) < 4.78 is 30.2. The standard InChI is InChI=1S/C20H27ClN6O3S2/c1-13-15(12-26(5)23-13)32(29,30)25-19(28)14-8-9-16(22-18(14)21)27-11-10-17(24-27)31(6,7)20(2,3)4/h8-12H,1-7H3,(H,25,28). The number of carbonyl (C=O) groups is 1. The molecule has 0 aliphatic carbocycles. The Kier molecular flexibility index (Phi) is 6.22. The Hall–Kier alpha value is -2.37. The third-order valence-corrected chi connectivity index (χ3v) is 11.5. The summed E-state index contributed by atoms with van der Waals surface area (Å²) in [6.07, 6.45) is 7.53. The predicted molar refractivity (Wildman–Crippen MR) is 126 cm³/mol. The summed E-state index contributed by atoms with van der Waals surface area (Å²) in [5.74, 6) is -0.454. The molecular formula is C20H27ClN6O3S2. The van der Waals surface area contributed by atoms with Crippen LogP contribution in [0.4, 0.5) is 0 Å². The molecule has 3 aromatic heterocycles. The van der Waals surface area contributed by atoms with Gasteiger partial charge in [0.1, 0.15) is 15.1 Å². The van der Waals surface area contributed by atoms with Gasteiger partial charge in [-0.2, -0.15) is 20.2 Å². The average molecular weight is 499 g/mol. The highest BCUT2D eigenvalue weighted by Crippen LogP contribution is 2.58. The van der Waals surface area contributed by atoms with Crippen LogP contribution < -0.4 is 4.72 Å². The van der Waals surface area contributed by atoms with Gasteiger partial charge < -0.3 is 0 Å². The SMILES string of the molecule is Cc1nn(C)cc1S(=O)(=O)NC(=O)c1ccc(-n2ccc(S(C)(C)C(C)(C)C)n2)nc1Cl. The van der Waals surface area contributed by atoms with Gasteiger partial charge in [0.25, 0.3) is 15.9 Å². The van der Waals surface area contributed by atoms with Crippen LogP contribution in [0.1, 0.15) is 36.8 Å². The third kappa shape index (κ3) is 4.55. The van der Waals surface area contributed by atoms with Crippen LogP contribution in [0.25, 0.3) is 5.82 Å². The van der Waals surface area contributed by atoms with E-state index in [0.717, 1.165) is 5.03 Å². The third-order valence-electron chi connectivity index (χ3n) is 5.42. The number of halogens is 1. The van der Waals surface area contributed by atoms with Crippen LogP contribution in [-0.4, -0.2) is 56.1 Å². The molecule has 0 aliphatic heterocycles. The molecule has 0 saturated heterocycles. The Morgan fingerprint density at radius 3 is 2.31 bits per heavy atom. The Morgan fingerprint density at radius 2 is 1.78 bits per heavy atom. The highest BCUT2D eigenvalue weighted by molar-refractivity contribution is 8.33. The lowest BCUT2D eigenvalue weighted by atomic mass is 10.3. The number of hydrogen-bond acceptors (Lipinski definition) is 6. The lowest BCUT2D eigenvalue weighted by molar-refractivity contribution is 0.0981. The van der Waals surface area contributed by atoms with Crippen molar-refractivity contribution in [2.45, 2.75) is 42.4 Å². The molecule has 3 rings (SSSR count). The number of sulfonamides is 1. The van der Waals surface area contributed by atoms with Crippen molar-refractivity contribution < 1.29 is 13.2 Å². The highest BCUT2D eigenvalue weighted by Gasteiger charge is 2.32. The van der Waals surface area contributed by atoms with Crippen molar-refractivity contribution in [3.8, 4) is 5.82 Å². The maximum atomic E-state index is 12.6. The molecule has 3 aromatic rings. The van der Waals surface area contributed by atoms with Crippen LogP contribution in [0.2, 0.25) is 5.15 Å². The zero-order chi connectivity index (χ0) is 24.1. The Morgan fingerprint density at radius 1 is 1.12 bits per heavy atom. The largest absolute Gasteiger partial charge is 0.274 e. The van der Waals surface area contributed by atoms with Crippen LogP contribution in [0.5, 0.6) is 0 Å². The van der Waals surface area contributed by atoms with E-state index in [1.165, 1.54) is 16.9 Å². The molecule has 32 heavy (non-hydrogen) atoms. The van der Waals surface area contributed by atoms with Gasteiger partial charge in [-0.15, -0.1) is 0 Å². The van der Waals surface area contributed by atoms with E-state index >= 15 is 0 Å². The van der Waals surface area contributed by atoms with E-state index in [1.807, 2.05) is 10.8 Å². The van der Waals surface area contributed by atoms with Gasteiger partial charge in [0.15, 0.2) is 5.82 Å². The van der Waals surface area contributed by atoms with Gasteiger partial charge in [-0.1, -0.05) is 32.4 Å². The molecule has 3 heterocycles. The number of hydrogen-bond donors (Lipinski definition) is 1. The minimum Gasteiger partial charge on any atom is -0.274 e. The molecule has 0 aliphatic rings. The first-order valence-corrected chi connectivity index (χ1v) is 14.0. The van der Waals surface area contributed by atoms with Gasteiger partial charge in [0.2, 0.25) is 0 Å². The number of carbonyl (C=O) groups excluding carboxylic acids is 1. The minimum atomic E-state index is -4.11. The molecule has 1 amide bonds. The van der Waals surface area contributed by atoms with Gasteiger partial charge in [0, 0.05) is 19.4 Å². The molecular weight excluding hydrogens is 472 g/mol. The van der Waals surface area contributed by atoms with E-state index in [9.17, 15) is 13.2 Å². The fourth-order valence-electron chi connectivity index (χ4n) is 2.82. The number of rotatable bonds is 5. The van der Waals surface area contributed by atoms with Gasteiger partial charge >= 0.3 is 0 Å². The number of amides is 1. The summed E-state index contributed by atoms with van der Waals surface area (Å²) in [7, 11) is -3.69. The summed E-state index contributed by atoms with van der Waals surface area (Å²) in [4.78, 5) is 16.8. The first kappa shape index (κ1) is 24.3. The Bertz CT molecular complexity index is 1290. The van der Waals surface area contributed by atoms with Crippen molar-refractivity contribution in [3.63, 3.8) is 0 Å². The van der Waals surface area contributed by atoms with Crippen LogP contribution in [0.3, 0.4) is 0 Å². The summed E-state index contributed by atoms with van der Waals surface area (Å²) in [5.41, 5.74) is 0.218. The lowest BCUT2D eigenvalue weighted by Crippen LogP contribution is -2.31. The smallest absolute Gasteiger partial charge is 0.268 e. The van der Waals surface area contributed by atoms with Crippen molar-refractivity contribution in [2.75, 3.05) is 12.5 Å². The van der Waals surface area contributed by atoms with Crippen molar-refractivity contribution in [1.82, 2.24) is 29.3 Å². The second-order valence-electron chi connectivity index (χ2n) is 8.73. The summed E-state index contributed by atoms with van der Waals surface area (Å²) >= 11 is 6.23. The molecule has 0 saturated carbocycles. The van der Waals surface area contributed by atoms with Gasteiger partial charge in [-0.3, -0.25) is 9.48 Å². The topological polar surface area (TPSA) is 112 Å². The summed E-state index contributed by atoms with van der Waals surface area (Å²) in [5, 5.41) is 9.51. The van der Waals surface area contributed by atoms with Gasteiger partial charge in [-0.05, 0) is 42.4 Å². The highest BCUT2D eigenvalue weighted by atomic mass is 35.5. The molecule has 0 aromatic carbocycles. The molecule has 0 unspecified atom stereocenters. The van der Waals surface area contributed by atoms with Crippen molar-refractivity contribution >= 4 is 37.6 Å². The van der Waals surface area contributed by atoms with E-state index in [0.29, 0.717) is 5.82 Å². The van der Waals surface area contributed by atoms with Crippen LogP contribution in [-0.2, 0) is 17.1 Å². The molecule has 0 atom stereocenters. The monoisotopic (exact) mass is 498 g/mol. The Balaban J connectivity index is 1.86. The maximum Gasteiger partial charge on any atom is 0.268 e. The second-order valence-corrected chi connectivity index (χ2v) is 15.0. The number of aromatic nitrogens is 5. The molecule has 0 spiro atoms. The van der Waals surface area contributed by atoms with Crippen LogP contribution in [0, 0.1) is 6.92 Å². The summed E-state index contributed by atoms with van der Waals surface area (Å²) in [6, 6.07) is 4.95. The zero-order valence-corrected chi connectivity index (χ0v) is 21.4.